The SMILES string of the molecule is C=C(Cl)C=CC. The second-order valence-electron chi connectivity index (χ2n) is 0.947. The second kappa shape index (κ2) is 2.98. The van der Waals surface area contributed by atoms with Crippen LogP contribution in [0.4, 0.5) is 0 Å². The summed E-state index contributed by atoms with van der Waals surface area (Å²) in [5.74, 6) is 0. The molecule has 0 aliphatic heterocycles. The largest absolute Gasteiger partial charge is 0.0862 e. The zero-order chi connectivity index (χ0) is 4.99. The van der Waals surface area contributed by atoms with Crippen LogP contribution in [0, 0.1) is 0 Å². The third-order valence-corrected chi connectivity index (χ3v) is 0.474. The first-order chi connectivity index (χ1) is 2.77. The minimum absolute atomic E-state index is 0.581. The monoisotopic (exact) mass is 102 g/mol. The normalized spacial score (nSPS) is 9.67. The molecule has 0 nitrogen and oxygen atoms in total. The maximum absolute atomic E-state index is 5.30. The van der Waals surface area contributed by atoms with E-state index in [0.29, 0.717) is 5.03 Å². The van der Waals surface area contributed by atoms with Crippen LogP contribution in [-0.2, 0) is 0 Å². The quantitative estimate of drug-likeness (QED) is 0.446. The molecule has 0 aromatic heterocycles. The van der Waals surface area contributed by atoms with E-state index in [2.05, 4.69) is 6.58 Å². The van der Waals surface area contributed by atoms with Crippen molar-refractivity contribution in [3.05, 3.63) is 23.8 Å². The highest BCUT2D eigenvalue weighted by molar-refractivity contribution is 6.30. The first-order valence-corrected chi connectivity index (χ1v) is 2.12. The van der Waals surface area contributed by atoms with Crippen LogP contribution in [0.25, 0.3) is 0 Å². The highest BCUT2D eigenvalue weighted by atomic mass is 35.5. The summed E-state index contributed by atoms with van der Waals surface area (Å²) in [6.07, 6.45) is 3.58. The van der Waals surface area contributed by atoms with Crippen molar-refractivity contribution in [2.75, 3.05) is 0 Å². The van der Waals surface area contributed by atoms with Crippen molar-refractivity contribution < 1.29 is 0 Å². The first-order valence-electron chi connectivity index (χ1n) is 1.74. The van der Waals surface area contributed by atoms with E-state index in [9.17, 15) is 0 Å². The third-order valence-electron chi connectivity index (χ3n) is 0.348. The number of hydrogen-bond acceptors (Lipinski definition) is 0. The summed E-state index contributed by atoms with van der Waals surface area (Å²) in [5.41, 5.74) is 0. The van der Waals surface area contributed by atoms with E-state index in [0.717, 1.165) is 0 Å². The maximum atomic E-state index is 5.30. The van der Waals surface area contributed by atoms with Crippen LogP contribution in [0.15, 0.2) is 23.8 Å². The fourth-order valence-electron chi connectivity index (χ4n) is 0.181. The Labute approximate surface area is 43.1 Å². The van der Waals surface area contributed by atoms with Crippen LogP contribution in [0.2, 0.25) is 0 Å². The fraction of sp³-hybridized carbons (Fsp3) is 0.200. The Morgan fingerprint density at radius 3 is 2.33 bits per heavy atom. The highest BCUT2D eigenvalue weighted by Gasteiger charge is 1.67. The zero-order valence-corrected chi connectivity index (χ0v) is 4.50. The molecule has 0 bridgehead atoms. The van der Waals surface area contributed by atoms with Crippen LogP contribution in [0.1, 0.15) is 6.92 Å². The van der Waals surface area contributed by atoms with Crippen molar-refractivity contribution in [3.63, 3.8) is 0 Å². The summed E-state index contributed by atoms with van der Waals surface area (Å²) in [7, 11) is 0. The molecule has 0 rings (SSSR count). The Hall–Kier alpha value is -0.230. The molecule has 34 valence electrons. The van der Waals surface area contributed by atoms with Gasteiger partial charge < -0.3 is 0 Å². The molecule has 0 spiro atoms. The van der Waals surface area contributed by atoms with Crippen molar-refractivity contribution in [1.29, 1.82) is 0 Å². The van der Waals surface area contributed by atoms with Gasteiger partial charge >= 0.3 is 0 Å². The van der Waals surface area contributed by atoms with Gasteiger partial charge in [-0.15, -0.1) is 0 Å². The Morgan fingerprint density at radius 2 is 2.33 bits per heavy atom. The van der Waals surface area contributed by atoms with Crippen LogP contribution in [0.3, 0.4) is 0 Å². The van der Waals surface area contributed by atoms with Gasteiger partial charge in [0.25, 0.3) is 0 Å². The number of hydrogen-bond donors (Lipinski definition) is 0. The van der Waals surface area contributed by atoms with Gasteiger partial charge in [-0.1, -0.05) is 24.3 Å². The standard InChI is InChI=1S/C5H7Cl/c1-3-4-5(2)6/h3-4H,2H2,1H3. The molecule has 0 heterocycles. The van der Waals surface area contributed by atoms with Crippen LogP contribution < -0.4 is 0 Å². The molecule has 0 radical (unpaired) electrons. The van der Waals surface area contributed by atoms with Gasteiger partial charge in [-0.05, 0) is 13.0 Å². The van der Waals surface area contributed by atoms with Gasteiger partial charge in [0.2, 0.25) is 0 Å². The van der Waals surface area contributed by atoms with Gasteiger partial charge in [-0.3, -0.25) is 0 Å². The maximum Gasteiger partial charge on any atom is 0.0330 e. The Kier molecular flexibility index (Phi) is 2.87. The molecular weight excluding hydrogens is 95.5 g/mol. The molecule has 1 heteroatoms. The molecule has 0 atom stereocenters. The van der Waals surface area contributed by atoms with Crippen molar-refractivity contribution in [3.8, 4) is 0 Å². The summed E-state index contributed by atoms with van der Waals surface area (Å²) < 4.78 is 0. The molecule has 0 saturated carbocycles. The van der Waals surface area contributed by atoms with Crippen molar-refractivity contribution in [1.82, 2.24) is 0 Å². The van der Waals surface area contributed by atoms with Gasteiger partial charge in [0.15, 0.2) is 0 Å². The van der Waals surface area contributed by atoms with E-state index < -0.39 is 0 Å². The predicted molar refractivity (Wildman–Crippen MR) is 29.8 cm³/mol. The lowest BCUT2D eigenvalue weighted by molar-refractivity contribution is 1.73. The molecule has 0 N–H and O–H groups in total. The van der Waals surface area contributed by atoms with Gasteiger partial charge in [0, 0.05) is 5.03 Å². The van der Waals surface area contributed by atoms with Gasteiger partial charge in [-0.25, -0.2) is 0 Å². The molecule has 0 unspecified atom stereocenters. The number of rotatable bonds is 1. The molecule has 0 aromatic rings. The van der Waals surface area contributed by atoms with E-state index >= 15 is 0 Å². The van der Waals surface area contributed by atoms with E-state index in [-0.39, 0.29) is 0 Å². The topological polar surface area (TPSA) is 0 Å². The zero-order valence-electron chi connectivity index (χ0n) is 3.74. The van der Waals surface area contributed by atoms with E-state index in [4.69, 9.17) is 11.6 Å². The minimum Gasteiger partial charge on any atom is -0.0862 e. The third kappa shape index (κ3) is 3.77. The first kappa shape index (κ1) is 5.77. The van der Waals surface area contributed by atoms with E-state index in [1.54, 1.807) is 6.08 Å². The van der Waals surface area contributed by atoms with E-state index in [1.165, 1.54) is 0 Å². The summed E-state index contributed by atoms with van der Waals surface area (Å²) in [6.45, 7) is 5.32. The minimum atomic E-state index is 0.581. The Bertz CT molecular complexity index is 72.0. The molecule has 0 amide bonds. The fourth-order valence-corrected chi connectivity index (χ4v) is 0.307. The summed E-state index contributed by atoms with van der Waals surface area (Å²) in [5, 5.41) is 0.581. The highest BCUT2D eigenvalue weighted by Crippen LogP contribution is 1.95. The molecule has 6 heavy (non-hydrogen) atoms. The lowest BCUT2D eigenvalue weighted by atomic mass is 10.5. The number of halogens is 1. The van der Waals surface area contributed by atoms with Crippen LogP contribution in [0.5, 0.6) is 0 Å². The van der Waals surface area contributed by atoms with Gasteiger partial charge in [0.05, 0.1) is 0 Å². The van der Waals surface area contributed by atoms with Crippen molar-refractivity contribution >= 4 is 11.6 Å². The summed E-state index contributed by atoms with van der Waals surface area (Å²) in [6, 6.07) is 0. The molecular formula is C5H7Cl. The lowest BCUT2D eigenvalue weighted by Crippen LogP contribution is -1.48. The molecule has 0 saturated heterocycles. The second-order valence-corrected chi connectivity index (χ2v) is 1.43. The molecule has 0 fully saturated rings. The average molecular weight is 103 g/mol. The van der Waals surface area contributed by atoms with Crippen molar-refractivity contribution in [2.24, 2.45) is 0 Å². The van der Waals surface area contributed by atoms with Gasteiger partial charge in [0.1, 0.15) is 0 Å². The predicted octanol–water partition coefficient (Wildman–Crippen LogP) is 2.32. The average Bonchev–Trinajstić information content (AvgIpc) is 1.35. The lowest BCUT2D eigenvalue weighted by Gasteiger charge is -1.72. The van der Waals surface area contributed by atoms with E-state index in [1.807, 2.05) is 13.0 Å². The van der Waals surface area contributed by atoms with Gasteiger partial charge in [-0.2, -0.15) is 0 Å². The Morgan fingerprint density at radius 1 is 1.83 bits per heavy atom. The van der Waals surface area contributed by atoms with Crippen LogP contribution >= 0.6 is 11.6 Å². The molecule has 0 aliphatic carbocycles. The summed E-state index contributed by atoms with van der Waals surface area (Å²) >= 11 is 5.30. The number of allylic oxidation sites excluding steroid dienone is 3. The Balaban J connectivity index is 3.30. The summed E-state index contributed by atoms with van der Waals surface area (Å²) in [4.78, 5) is 0. The van der Waals surface area contributed by atoms with Crippen LogP contribution in [-0.4, -0.2) is 0 Å². The molecule has 0 aromatic carbocycles. The van der Waals surface area contributed by atoms with Crippen molar-refractivity contribution in [2.45, 2.75) is 6.92 Å². The smallest absolute Gasteiger partial charge is 0.0330 e. The molecule has 0 aliphatic rings.